The van der Waals surface area contributed by atoms with E-state index in [1.807, 2.05) is 0 Å². The molecule has 1 N–H and O–H groups in total. The van der Waals surface area contributed by atoms with Crippen LogP contribution in [-0.2, 0) is 0 Å². The maximum Gasteiger partial charge on any atom is 0.149 e. The SMILES string of the molecule is Cc1nn(-c2ccc([C@H](C)O)cc2F)c(C)c1Cl. The molecule has 0 spiro atoms. The standard InChI is InChI=1S/C13H14ClFN2O/c1-7-13(14)8(2)17(16-7)12-5-4-10(9(3)18)6-11(12)15/h4-6,9,18H,1-3H3/t9-/m0/s1. The van der Waals surface area contributed by atoms with Gasteiger partial charge in [0.2, 0.25) is 0 Å². The summed E-state index contributed by atoms with van der Waals surface area (Å²) in [5.41, 5.74) is 2.21. The molecule has 0 aliphatic heterocycles. The highest BCUT2D eigenvalue weighted by atomic mass is 35.5. The second-order valence-electron chi connectivity index (χ2n) is 4.28. The van der Waals surface area contributed by atoms with Crippen LogP contribution in [0.5, 0.6) is 0 Å². The number of rotatable bonds is 2. The van der Waals surface area contributed by atoms with Gasteiger partial charge in [0.15, 0.2) is 0 Å². The molecule has 0 aliphatic rings. The van der Waals surface area contributed by atoms with Crippen molar-refractivity contribution >= 4 is 11.6 Å². The number of aliphatic hydroxyl groups is 1. The summed E-state index contributed by atoms with van der Waals surface area (Å²) < 4.78 is 15.5. The Hall–Kier alpha value is -1.39. The number of aryl methyl sites for hydroxylation is 1. The number of aromatic nitrogens is 2. The Morgan fingerprint density at radius 1 is 1.39 bits per heavy atom. The molecule has 0 unspecified atom stereocenters. The first-order chi connectivity index (χ1) is 8.41. The van der Waals surface area contributed by atoms with Crippen LogP contribution < -0.4 is 0 Å². The van der Waals surface area contributed by atoms with E-state index in [1.165, 1.54) is 10.7 Å². The molecular formula is C13H14ClFN2O. The Bertz CT molecular complexity index is 593. The molecular weight excluding hydrogens is 255 g/mol. The summed E-state index contributed by atoms with van der Waals surface area (Å²) in [6, 6.07) is 4.57. The summed E-state index contributed by atoms with van der Waals surface area (Å²) in [6.07, 6.45) is -0.697. The predicted molar refractivity (Wildman–Crippen MR) is 68.6 cm³/mol. The first-order valence-corrected chi connectivity index (χ1v) is 5.99. The van der Waals surface area contributed by atoms with Gasteiger partial charge in [0.1, 0.15) is 11.5 Å². The molecule has 1 aromatic carbocycles. The minimum Gasteiger partial charge on any atom is -0.389 e. The van der Waals surface area contributed by atoms with E-state index < -0.39 is 11.9 Å². The van der Waals surface area contributed by atoms with Gasteiger partial charge >= 0.3 is 0 Å². The Kier molecular flexibility index (Phi) is 3.41. The van der Waals surface area contributed by atoms with Gasteiger partial charge in [-0.1, -0.05) is 17.7 Å². The van der Waals surface area contributed by atoms with E-state index in [-0.39, 0.29) is 0 Å². The van der Waals surface area contributed by atoms with Crippen molar-refractivity contribution in [1.82, 2.24) is 9.78 Å². The minimum absolute atomic E-state index is 0.326. The smallest absolute Gasteiger partial charge is 0.149 e. The Morgan fingerprint density at radius 3 is 2.50 bits per heavy atom. The van der Waals surface area contributed by atoms with Crippen molar-refractivity contribution in [3.05, 3.63) is 46.0 Å². The van der Waals surface area contributed by atoms with Gasteiger partial charge in [-0.25, -0.2) is 9.07 Å². The highest BCUT2D eigenvalue weighted by molar-refractivity contribution is 6.31. The molecule has 1 atom stereocenters. The fraction of sp³-hybridized carbons (Fsp3) is 0.308. The average Bonchev–Trinajstić information content (AvgIpc) is 2.57. The molecule has 0 aliphatic carbocycles. The van der Waals surface area contributed by atoms with Crippen LogP contribution in [0, 0.1) is 19.7 Å². The van der Waals surface area contributed by atoms with Gasteiger partial charge in [-0.3, -0.25) is 0 Å². The molecule has 1 aromatic heterocycles. The predicted octanol–water partition coefficient (Wildman–Crippen LogP) is 3.33. The van der Waals surface area contributed by atoms with Crippen molar-refractivity contribution in [3.63, 3.8) is 0 Å². The Morgan fingerprint density at radius 2 is 2.06 bits per heavy atom. The van der Waals surface area contributed by atoms with Crippen LogP contribution in [0.4, 0.5) is 4.39 Å². The summed E-state index contributed by atoms with van der Waals surface area (Å²) in [6.45, 7) is 5.15. The highest BCUT2D eigenvalue weighted by Gasteiger charge is 2.14. The zero-order valence-electron chi connectivity index (χ0n) is 10.4. The zero-order chi connectivity index (χ0) is 13.4. The molecule has 96 valence electrons. The van der Waals surface area contributed by atoms with E-state index in [0.29, 0.717) is 27.7 Å². The Labute approximate surface area is 110 Å². The van der Waals surface area contributed by atoms with E-state index in [2.05, 4.69) is 5.10 Å². The molecule has 0 fully saturated rings. The normalized spacial score (nSPS) is 12.8. The molecule has 3 nitrogen and oxygen atoms in total. The largest absolute Gasteiger partial charge is 0.389 e. The maximum absolute atomic E-state index is 14.0. The van der Waals surface area contributed by atoms with Crippen molar-refractivity contribution in [1.29, 1.82) is 0 Å². The second-order valence-corrected chi connectivity index (χ2v) is 4.66. The summed E-state index contributed by atoms with van der Waals surface area (Å²) in [5.74, 6) is -0.435. The molecule has 0 saturated carbocycles. The molecule has 0 saturated heterocycles. The molecule has 2 aromatic rings. The van der Waals surface area contributed by atoms with E-state index in [1.54, 1.807) is 32.9 Å². The van der Waals surface area contributed by atoms with Gasteiger partial charge in [0.05, 0.1) is 22.5 Å². The number of nitrogens with zero attached hydrogens (tertiary/aromatic N) is 2. The van der Waals surface area contributed by atoms with Crippen LogP contribution in [0.1, 0.15) is 30.0 Å². The summed E-state index contributed by atoms with van der Waals surface area (Å²) >= 11 is 6.04. The Balaban J connectivity index is 2.54. The van der Waals surface area contributed by atoms with E-state index in [9.17, 15) is 9.50 Å². The number of halogens is 2. The lowest BCUT2D eigenvalue weighted by Crippen LogP contribution is -2.03. The molecule has 18 heavy (non-hydrogen) atoms. The minimum atomic E-state index is -0.697. The fourth-order valence-corrected chi connectivity index (χ4v) is 1.93. The van der Waals surface area contributed by atoms with Gasteiger partial charge in [-0.2, -0.15) is 5.10 Å². The monoisotopic (exact) mass is 268 g/mol. The van der Waals surface area contributed by atoms with Crippen LogP contribution in [0.15, 0.2) is 18.2 Å². The fourth-order valence-electron chi connectivity index (χ4n) is 1.81. The lowest BCUT2D eigenvalue weighted by molar-refractivity contribution is 0.199. The molecule has 2 rings (SSSR count). The van der Waals surface area contributed by atoms with Crippen molar-refractivity contribution < 1.29 is 9.50 Å². The maximum atomic E-state index is 14.0. The highest BCUT2D eigenvalue weighted by Crippen LogP contribution is 2.25. The van der Waals surface area contributed by atoms with E-state index in [4.69, 9.17) is 11.6 Å². The van der Waals surface area contributed by atoms with Crippen molar-refractivity contribution in [2.45, 2.75) is 26.9 Å². The molecule has 5 heteroatoms. The van der Waals surface area contributed by atoms with Gasteiger partial charge in [-0.05, 0) is 38.5 Å². The lowest BCUT2D eigenvalue weighted by Gasteiger charge is -2.09. The number of aliphatic hydroxyl groups excluding tert-OH is 1. The zero-order valence-corrected chi connectivity index (χ0v) is 11.2. The van der Waals surface area contributed by atoms with Crippen LogP contribution >= 0.6 is 11.6 Å². The van der Waals surface area contributed by atoms with Crippen LogP contribution in [0.3, 0.4) is 0 Å². The second kappa shape index (κ2) is 4.71. The van der Waals surface area contributed by atoms with Crippen molar-refractivity contribution in [3.8, 4) is 5.69 Å². The van der Waals surface area contributed by atoms with Crippen LogP contribution in [0.25, 0.3) is 5.69 Å². The summed E-state index contributed by atoms with van der Waals surface area (Å²) in [7, 11) is 0. The first kappa shape index (κ1) is 13.1. The number of benzene rings is 1. The number of hydrogen-bond donors (Lipinski definition) is 1. The van der Waals surface area contributed by atoms with Gasteiger partial charge in [0.25, 0.3) is 0 Å². The van der Waals surface area contributed by atoms with E-state index in [0.717, 1.165) is 0 Å². The number of hydrogen-bond acceptors (Lipinski definition) is 2. The third-order valence-electron chi connectivity index (χ3n) is 2.89. The molecule has 0 bridgehead atoms. The third-order valence-corrected chi connectivity index (χ3v) is 3.43. The first-order valence-electron chi connectivity index (χ1n) is 5.61. The third kappa shape index (κ3) is 2.13. The van der Waals surface area contributed by atoms with Crippen LogP contribution in [-0.4, -0.2) is 14.9 Å². The lowest BCUT2D eigenvalue weighted by atomic mass is 10.1. The average molecular weight is 269 g/mol. The topological polar surface area (TPSA) is 38.0 Å². The van der Waals surface area contributed by atoms with Gasteiger partial charge in [0, 0.05) is 0 Å². The molecule has 0 radical (unpaired) electrons. The van der Waals surface area contributed by atoms with Crippen molar-refractivity contribution in [2.75, 3.05) is 0 Å². The van der Waals surface area contributed by atoms with E-state index >= 15 is 0 Å². The summed E-state index contributed by atoms with van der Waals surface area (Å²) in [5, 5.41) is 14.1. The van der Waals surface area contributed by atoms with Crippen LogP contribution in [0.2, 0.25) is 5.02 Å². The van der Waals surface area contributed by atoms with Gasteiger partial charge < -0.3 is 5.11 Å². The van der Waals surface area contributed by atoms with Gasteiger partial charge in [-0.15, -0.1) is 0 Å². The quantitative estimate of drug-likeness (QED) is 0.907. The van der Waals surface area contributed by atoms with Crippen molar-refractivity contribution in [2.24, 2.45) is 0 Å². The summed E-state index contributed by atoms with van der Waals surface area (Å²) in [4.78, 5) is 0. The molecule has 0 amide bonds. The molecule has 1 heterocycles.